The van der Waals surface area contributed by atoms with Gasteiger partial charge in [-0.1, -0.05) is 91.3 Å². The Balaban J connectivity index is 0.000000143. The maximum absolute atomic E-state index is 5.89. The highest BCUT2D eigenvalue weighted by atomic mass is 16.5. The van der Waals surface area contributed by atoms with Crippen LogP contribution in [0.15, 0.2) is 36.4 Å². The highest BCUT2D eigenvalue weighted by molar-refractivity contribution is 5.52. The zero-order valence-electron chi connectivity index (χ0n) is 29.4. The fourth-order valence-corrected chi connectivity index (χ4v) is 8.31. The van der Waals surface area contributed by atoms with E-state index in [9.17, 15) is 0 Å². The van der Waals surface area contributed by atoms with Crippen LogP contribution in [-0.2, 0) is 52.7 Å². The van der Waals surface area contributed by atoms with Crippen molar-refractivity contribution in [1.82, 2.24) is 0 Å². The van der Waals surface area contributed by atoms with E-state index in [0.29, 0.717) is 0 Å². The number of hydrogen-bond donors (Lipinski definition) is 0. The molecule has 6 heteroatoms. The molecule has 0 aromatic heterocycles. The predicted molar refractivity (Wildman–Crippen MR) is 202 cm³/mol. The van der Waals surface area contributed by atoms with E-state index in [1.807, 2.05) is 0 Å². The smallest absolute Gasteiger partial charge is 0.128 e. The average Bonchev–Trinajstić information content (AvgIpc) is 3.91. The van der Waals surface area contributed by atoms with Crippen LogP contribution < -0.4 is 14.2 Å². The van der Waals surface area contributed by atoms with Crippen molar-refractivity contribution < 1.29 is 28.4 Å². The van der Waals surface area contributed by atoms with Crippen LogP contribution in [0.4, 0.5) is 0 Å². The first-order valence-corrected chi connectivity index (χ1v) is 18.9. The number of ether oxygens (including phenoxy) is 6. The van der Waals surface area contributed by atoms with E-state index >= 15 is 0 Å². The lowest BCUT2D eigenvalue weighted by atomic mass is 9.92. The molecule has 0 N–H and O–H groups in total. The van der Waals surface area contributed by atoms with Crippen molar-refractivity contribution in [2.75, 3.05) is 39.6 Å². The Labute approximate surface area is 302 Å². The molecule has 0 fully saturated rings. The maximum Gasteiger partial charge on any atom is 0.128 e. The first-order chi connectivity index (χ1) is 23.7. The monoisotopic (exact) mass is 686 g/mol. The van der Waals surface area contributed by atoms with Gasteiger partial charge < -0.3 is 28.4 Å². The number of fused-ring (bicyclic) bond motifs is 9. The van der Waals surface area contributed by atoms with Crippen molar-refractivity contribution in [3.8, 4) is 17.2 Å². The van der Waals surface area contributed by atoms with Gasteiger partial charge in [0.05, 0.1) is 58.0 Å². The molecule has 0 saturated carbocycles. The topological polar surface area (TPSA) is 55.4 Å². The van der Waals surface area contributed by atoms with Gasteiger partial charge in [0, 0.05) is 36.0 Å². The molecule has 6 nitrogen and oxygen atoms in total. The third-order valence-corrected chi connectivity index (χ3v) is 10.6. The lowest BCUT2D eigenvalue weighted by Crippen LogP contribution is -2.17. The molecule has 0 amide bonds. The number of hydrogen-bond acceptors (Lipinski definition) is 6. The van der Waals surface area contributed by atoms with Crippen LogP contribution in [0.3, 0.4) is 0 Å². The van der Waals surface area contributed by atoms with Crippen LogP contribution in [0.1, 0.15) is 143 Å². The lowest BCUT2D eigenvalue weighted by Gasteiger charge is -2.27. The summed E-state index contributed by atoms with van der Waals surface area (Å²) >= 11 is 0. The Morgan fingerprint density at radius 3 is 0.940 bits per heavy atom. The molecule has 50 heavy (non-hydrogen) atoms. The van der Waals surface area contributed by atoms with Crippen LogP contribution in [-0.4, -0.2) is 39.6 Å². The summed E-state index contributed by atoms with van der Waals surface area (Å²) in [5.41, 5.74) is 12.5. The minimum absolute atomic E-state index is 0. The molecule has 6 heterocycles. The van der Waals surface area contributed by atoms with Gasteiger partial charge in [-0.3, -0.25) is 0 Å². The van der Waals surface area contributed by atoms with Gasteiger partial charge in [-0.15, -0.1) is 0 Å². The molecule has 6 aliphatic rings. The van der Waals surface area contributed by atoms with Crippen molar-refractivity contribution in [3.05, 3.63) is 86.5 Å². The first-order valence-electron chi connectivity index (χ1n) is 18.9. The van der Waals surface area contributed by atoms with E-state index in [2.05, 4.69) is 57.2 Å². The van der Waals surface area contributed by atoms with E-state index in [4.69, 9.17) is 28.4 Å². The van der Waals surface area contributed by atoms with E-state index in [1.165, 1.54) is 50.1 Å². The Kier molecular flexibility index (Phi) is 13.7. The van der Waals surface area contributed by atoms with E-state index in [-0.39, 0.29) is 33.2 Å². The molecule has 3 aromatic carbocycles. The second-order valence-electron chi connectivity index (χ2n) is 13.9. The van der Waals surface area contributed by atoms with Crippen LogP contribution in [0.5, 0.6) is 17.2 Å². The second kappa shape index (κ2) is 17.9. The third-order valence-electron chi connectivity index (χ3n) is 10.6. The normalized spacial score (nSPS) is 21.5. The fourth-order valence-electron chi connectivity index (χ4n) is 8.31. The van der Waals surface area contributed by atoms with Crippen LogP contribution in [0.2, 0.25) is 0 Å². The van der Waals surface area contributed by atoms with Crippen LogP contribution >= 0.6 is 0 Å². The first kappa shape index (κ1) is 38.2. The maximum atomic E-state index is 5.89. The predicted octanol–water partition coefficient (Wildman–Crippen LogP) is 10.4. The highest BCUT2D eigenvalue weighted by Gasteiger charge is 2.30. The van der Waals surface area contributed by atoms with Crippen molar-refractivity contribution in [1.29, 1.82) is 0 Å². The Morgan fingerprint density at radius 1 is 0.400 bits per heavy atom. The van der Waals surface area contributed by atoms with Gasteiger partial charge in [-0.05, 0) is 71.9 Å². The molecule has 3 aromatic rings. The minimum Gasteiger partial charge on any atom is -0.493 e. The highest BCUT2D eigenvalue weighted by Crippen LogP contribution is 2.44. The summed E-state index contributed by atoms with van der Waals surface area (Å²) in [6.07, 6.45) is 13.9. The van der Waals surface area contributed by atoms with Crippen molar-refractivity contribution in [3.63, 3.8) is 0 Å². The largest absolute Gasteiger partial charge is 0.493 e. The zero-order chi connectivity index (χ0) is 32.9. The van der Waals surface area contributed by atoms with Gasteiger partial charge >= 0.3 is 0 Å². The van der Waals surface area contributed by atoms with E-state index in [0.717, 1.165) is 134 Å². The third kappa shape index (κ3) is 7.88. The molecule has 3 atom stereocenters. The van der Waals surface area contributed by atoms with Crippen molar-refractivity contribution in [2.45, 2.75) is 131 Å². The molecule has 9 rings (SSSR count). The molecular weight excluding hydrogens is 624 g/mol. The summed E-state index contributed by atoms with van der Waals surface area (Å²) in [6, 6.07) is 13.5. The Bertz CT molecular complexity index is 1380. The summed E-state index contributed by atoms with van der Waals surface area (Å²) in [7, 11) is 0. The molecule has 6 aliphatic heterocycles. The molecule has 0 aliphatic carbocycles. The standard InChI is InChI=1S/3C14H18O2.2CH4/c3*1-2-3-12-13-10(6-8-15-12)4-5-11-7-9-16-14(11)13;;/h3*4-5,12H,2-3,6-9H2,1H3;2*1H4/t2*12-;;;/m10.../s1. The minimum atomic E-state index is 0. The summed E-state index contributed by atoms with van der Waals surface area (Å²) in [4.78, 5) is 0. The number of benzene rings is 3. The molecule has 0 spiro atoms. The zero-order valence-corrected chi connectivity index (χ0v) is 29.4. The Hall–Kier alpha value is -3.06. The lowest BCUT2D eigenvalue weighted by molar-refractivity contribution is 0.0340. The van der Waals surface area contributed by atoms with Crippen LogP contribution in [0.25, 0.3) is 0 Å². The van der Waals surface area contributed by atoms with Gasteiger partial charge in [0.2, 0.25) is 0 Å². The van der Waals surface area contributed by atoms with Gasteiger partial charge in [0.25, 0.3) is 0 Å². The second-order valence-corrected chi connectivity index (χ2v) is 13.9. The molecule has 0 bridgehead atoms. The van der Waals surface area contributed by atoms with E-state index < -0.39 is 0 Å². The van der Waals surface area contributed by atoms with Crippen molar-refractivity contribution in [2.24, 2.45) is 0 Å². The molecule has 274 valence electrons. The molecule has 0 saturated heterocycles. The SMILES string of the molecule is C.C.CCCC1OCCc2ccc3c(c21)OCC3.CCC[C@@H]1OCCc2ccc3c(c21)OCC3.CCC[C@H]1OCCc2ccc3c(c21)OCC3. The summed E-state index contributed by atoms with van der Waals surface area (Å²) in [6.45, 7) is 11.7. The molecular formula is C44H62O6. The summed E-state index contributed by atoms with van der Waals surface area (Å²) in [5.74, 6) is 3.40. The average molecular weight is 687 g/mol. The summed E-state index contributed by atoms with van der Waals surface area (Å²) < 4.78 is 35.1. The molecule has 0 radical (unpaired) electrons. The van der Waals surface area contributed by atoms with Gasteiger partial charge in [-0.2, -0.15) is 0 Å². The quantitative estimate of drug-likeness (QED) is 0.257. The van der Waals surface area contributed by atoms with E-state index in [1.54, 1.807) is 0 Å². The number of rotatable bonds is 6. The van der Waals surface area contributed by atoms with Crippen LogP contribution in [0, 0.1) is 0 Å². The summed E-state index contributed by atoms with van der Waals surface area (Å²) in [5, 5.41) is 0. The van der Waals surface area contributed by atoms with Gasteiger partial charge in [-0.25, -0.2) is 0 Å². The van der Waals surface area contributed by atoms with Gasteiger partial charge in [0.1, 0.15) is 17.2 Å². The fraction of sp³-hybridized carbons (Fsp3) is 0.591. The van der Waals surface area contributed by atoms with Gasteiger partial charge in [0.15, 0.2) is 0 Å². The molecule has 1 unspecified atom stereocenters. The Morgan fingerprint density at radius 2 is 0.660 bits per heavy atom. The van der Waals surface area contributed by atoms with Crippen molar-refractivity contribution >= 4 is 0 Å².